The Kier molecular flexibility index (Phi) is 6.05. The first kappa shape index (κ1) is 26.3. The molecule has 8 rings (SSSR count). The summed E-state index contributed by atoms with van der Waals surface area (Å²) < 4.78 is 60.3. The minimum Gasteiger partial charge on any atom is -0.309 e. The maximum absolute atomic E-state index is 14.1. The molecule has 0 spiro atoms. The molecule has 8 aromatic rings. The molecule has 0 atom stereocenters. The Morgan fingerprint density at radius 3 is 0.886 bits per heavy atom. The van der Waals surface area contributed by atoms with Gasteiger partial charge in [0.05, 0.1) is 22.1 Å². The van der Waals surface area contributed by atoms with Crippen molar-refractivity contribution in [3.63, 3.8) is 0 Å². The fourth-order valence-corrected chi connectivity index (χ4v) is 6.40. The highest BCUT2D eigenvalue weighted by Crippen LogP contribution is 2.34. The van der Waals surface area contributed by atoms with Crippen LogP contribution < -0.4 is 0 Å². The van der Waals surface area contributed by atoms with E-state index in [0.717, 1.165) is 46.3 Å². The van der Waals surface area contributed by atoms with E-state index in [-0.39, 0.29) is 23.3 Å². The molecule has 6 heteroatoms. The summed E-state index contributed by atoms with van der Waals surface area (Å²) in [5, 5.41) is 2.69. The predicted molar refractivity (Wildman–Crippen MR) is 169 cm³/mol. The molecule has 2 heterocycles. The monoisotopic (exact) mass is 584 g/mol. The second kappa shape index (κ2) is 10.1. The summed E-state index contributed by atoms with van der Waals surface area (Å²) >= 11 is 0. The van der Waals surface area contributed by atoms with Gasteiger partial charge in [0.25, 0.3) is 0 Å². The van der Waals surface area contributed by atoms with Crippen molar-refractivity contribution in [3.8, 4) is 11.4 Å². The van der Waals surface area contributed by atoms with Gasteiger partial charge in [0.1, 0.15) is 23.3 Å². The number of hydrogen-bond donors (Lipinski definition) is 0. The third-order valence-corrected chi connectivity index (χ3v) is 8.47. The number of aromatic nitrogens is 2. The Balaban J connectivity index is 1.06. The fourth-order valence-electron chi connectivity index (χ4n) is 6.40. The lowest BCUT2D eigenvalue weighted by Gasteiger charge is -2.10. The molecule has 6 aromatic carbocycles. The lowest BCUT2D eigenvalue weighted by atomic mass is 10.0. The van der Waals surface area contributed by atoms with Gasteiger partial charge in [-0.25, -0.2) is 17.6 Å². The summed E-state index contributed by atoms with van der Waals surface area (Å²) in [4.78, 5) is 0. The molecule has 2 nitrogen and oxygen atoms in total. The Morgan fingerprint density at radius 2 is 0.614 bits per heavy atom. The molecule has 0 amide bonds. The van der Waals surface area contributed by atoms with Gasteiger partial charge in [0.2, 0.25) is 0 Å². The molecule has 0 unspecified atom stereocenters. The average molecular weight is 585 g/mol. The van der Waals surface area contributed by atoms with E-state index in [1.54, 1.807) is 24.3 Å². The Bertz CT molecular complexity index is 2080. The molecule has 0 radical (unpaired) electrons. The first-order valence-electron chi connectivity index (χ1n) is 14.4. The molecule has 0 aliphatic carbocycles. The van der Waals surface area contributed by atoms with Crippen molar-refractivity contribution in [2.45, 2.75) is 12.8 Å². The van der Waals surface area contributed by atoms with Gasteiger partial charge in [0, 0.05) is 32.9 Å². The van der Waals surface area contributed by atoms with E-state index in [2.05, 4.69) is 24.3 Å². The van der Waals surface area contributed by atoms with E-state index >= 15 is 0 Å². The van der Waals surface area contributed by atoms with Crippen LogP contribution in [-0.4, -0.2) is 9.13 Å². The average Bonchev–Trinajstić information content (AvgIpc) is 3.52. The predicted octanol–water partition coefficient (Wildman–Crippen LogP) is 10.2. The molecular formula is C38H24F4N2. The number of aryl methyl sites for hydroxylation is 2. The van der Waals surface area contributed by atoms with Gasteiger partial charge in [-0.15, -0.1) is 0 Å². The van der Waals surface area contributed by atoms with E-state index in [4.69, 9.17) is 0 Å². The normalized spacial score (nSPS) is 11.8. The highest BCUT2D eigenvalue weighted by Gasteiger charge is 2.15. The van der Waals surface area contributed by atoms with Crippen LogP contribution in [0.5, 0.6) is 0 Å². The lowest BCUT2D eigenvalue weighted by Crippen LogP contribution is -1.97. The molecule has 0 fully saturated rings. The van der Waals surface area contributed by atoms with E-state index in [0.29, 0.717) is 21.5 Å². The minimum absolute atomic E-state index is 0.356. The van der Waals surface area contributed by atoms with Crippen LogP contribution in [-0.2, 0) is 12.8 Å². The number of hydrogen-bond acceptors (Lipinski definition) is 0. The van der Waals surface area contributed by atoms with Crippen LogP contribution in [0, 0.1) is 23.3 Å². The van der Waals surface area contributed by atoms with Crippen LogP contribution in [0.3, 0.4) is 0 Å². The van der Waals surface area contributed by atoms with Crippen LogP contribution in [0.15, 0.2) is 121 Å². The third-order valence-electron chi connectivity index (χ3n) is 8.47. The topological polar surface area (TPSA) is 9.86 Å². The van der Waals surface area contributed by atoms with Crippen molar-refractivity contribution in [1.82, 2.24) is 9.13 Å². The summed E-state index contributed by atoms with van der Waals surface area (Å²) in [7, 11) is 0. The van der Waals surface area contributed by atoms with Crippen LogP contribution in [0.1, 0.15) is 11.1 Å². The SMILES string of the molecule is Fc1ccc2c(c1)c1cc(F)ccc1n2-c1ccc(CCc2ccc(-n3c4ccc(F)cc4c4cc(F)ccc43)cc2)cc1. The molecule has 44 heavy (non-hydrogen) atoms. The van der Waals surface area contributed by atoms with E-state index in [1.807, 2.05) is 33.4 Å². The standard InChI is InChI=1S/C38H24F4N2/c39-25-7-15-35-31(19-25)32-20-26(40)8-16-36(32)43(35)29-11-3-23(4-12-29)1-2-24-5-13-30(14-6-24)44-37-17-9-27(41)21-33(37)34-22-28(42)10-18-38(34)44/h3-22H,1-2H2. The van der Waals surface area contributed by atoms with E-state index < -0.39 is 0 Å². The van der Waals surface area contributed by atoms with Crippen molar-refractivity contribution >= 4 is 43.6 Å². The highest BCUT2D eigenvalue weighted by molar-refractivity contribution is 6.10. The van der Waals surface area contributed by atoms with Crippen molar-refractivity contribution in [3.05, 3.63) is 156 Å². The number of rotatable bonds is 5. The lowest BCUT2D eigenvalue weighted by molar-refractivity contribution is 0.628. The van der Waals surface area contributed by atoms with Gasteiger partial charge < -0.3 is 9.13 Å². The van der Waals surface area contributed by atoms with Crippen LogP contribution in [0.2, 0.25) is 0 Å². The smallest absolute Gasteiger partial charge is 0.123 e. The number of fused-ring (bicyclic) bond motifs is 6. The van der Waals surface area contributed by atoms with Gasteiger partial charge in [0.15, 0.2) is 0 Å². The molecule has 0 saturated carbocycles. The van der Waals surface area contributed by atoms with Crippen molar-refractivity contribution in [1.29, 1.82) is 0 Å². The summed E-state index contributed by atoms with van der Waals surface area (Å²) in [6.45, 7) is 0. The summed E-state index contributed by atoms with van der Waals surface area (Å²) in [6.07, 6.45) is 1.66. The number of halogens is 4. The minimum atomic E-state index is -0.356. The molecule has 0 N–H and O–H groups in total. The summed E-state index contributed by atoms with van der Waals surface area (Å²) in [6, 6.07) is 35.0. The molecule has 214 valence electrons. The largest absolute Gasteiger partial charge is 0.309 e. The summed E-state index contributed by atoms with van der Waals surface area (Å²) in [5.74, 6) is -1.43. The summed E-state index contributed by atoms with van der Waals surface area (Å²) in [5.41, 5.74) is 7.45. The Hall–Kier alpha value is -5.36. The molecule has 0 bridgehead atoms. The van der Waals surface area contributed by atoms with Gasteiger partial charge in [-0.1, -0.05) is 24.3 Å². The molecule has 0 aliphatic rings. The maximum Gasteiger partial charge on any atom is 0.123 e. The number of nitrogens with zero attached hydrogens (tertiary/aromatic N) is 2. The van der Waals surface area contributed by atoms with Crippen molar-refractivity contribution < 1.29 is 17.6 Å². The number of benzene rings is 6. The zero-order valence-electron chi connectivity index (χ0n) is 23.4. The van der Waals surface area contributed by atoms with Crippen molar-refractivity contribution in [2.24, 2.45) is 0 Å². The maximum atomic E-state index is 14.1. The van der Waals surface area contributed by atoms with Gasteiger partial charge in [-0.2, -0.15) is 0 Å². The zero-order chi connectivity index (χ0) is 29.9. The van der Waals surface area contributed by atoms with Crippen LogP contribution in [0.4, 0.5) is 17.6 Å². The van der Waals surface area contributed by atoms with Gasteiger partial charge >= 0.3 is 0 Å². The molecule has 0 saturated heterocycles. The quantitative estimate of drug-likeness (QED) is 0.178. The van der Waals surface area contributed by atoms with E-state index in [1.165, 1.54) is 59.7 Å². The van der Waals surface area contributed by atoms with Crippen LogP contribution in [0.25, 0.3) is 55.0 Å². The molecule has 2 aromatic heterocycles. The zero-order valence-corrected chi connectivity index (χ0v) is 23.4. The first-order valence-corrected chi connectivity index (χ1v) is 14.4. The van der Waals surface area contributed by atoms with E-state index in [9.17, 15) is 17.6 Å². The molecule has 0 aliphatic heterocycles. The van der Waals surface area contributed by atoms with Gasteiger partial charge in [-0.3, -0.25) is 0 Å². The van der Waals surface area contributed by atoms with Crippen LogP contribution >= 0.6 is 0 Å². The second-order valence-corrected chi connectivity index (χ2v) is 11.1. The Morgan fingerprint density at radius 1 is 0.341 bits per heavy atom. The molecular weight excluding hydrogens is 560 g/mol. The van der Waals surface area contributed by atoms with Crippen molar-refractivity contribution in [2.75, 3.05) is 0 Å². The Labute approximate surface area is 250 Å². The first-order chi connectivity index (χ1) is 21.4. The highest BCUT2D eigenvalue weighted by atomic mass is 19.1. The third kappa shape index (κ3) is 4.33. The fraction of sp³-hybridized carbons (Fsp3) is 0.0526. The van der Waals surface area contributed by atoms with Gasteiger partial charge in [-0.05, 0) is 121 Å². The second-order valence-electron chi connectivity index (χ2n) is 11.1.